The minimum absolute atomic E-state index is 0.0390. The van der Waals surface area contributed by atoms with Gasteiger partial charge in [-0.05, 0) is 30.8 Å². The summed E-state index contributed by atoms with van der Waals surface area (Å²) in [6.45, 7) is 1.29. The SMILES string of the molecule is NCCCCNC(=O)CCC(=O)c1cccs1. The molecule has 0 saturated carbocycles. The van der Waals surface area contributed by atoms with Gasteiger partial charge < -0.3 is 11.1 Å². The fourth-order valence-corrected chi connectivity index (χ4v) is 2.07. The summed E-state index contributed by atoms with van der Waals surface area (Å²) in [5.74, 6) is -0.0240. The van der Waals surface area contributed by atoms with E-state index < -0.39 is 0 Å². The third kappa shape index (κ3) is 5.60. The molecule has 0 aromatic carbocycles. The minimum Gasteiger partial charge on any atom is -0.356 e. The number of unbranched alkanes of at least 4 members (excludes halogenated alkanes) is 1. The summed E-state index contributed by atoms with van der Waals surface area (Å²) in [5, 5.41) is 4.64. The Hall–Kier alpha value is -1.20. The number of nitrogens with two attached hydrogens (primary N) is 1. The average Bonchev–Trinajstić information content (AvgIpc) is 2.85. The normalized spacial score (nSPS) is 10.2. The molecule has 94 valence electrons. The molecule has 1 amide bonds. The summed E-state index contributed by atoms with van der Waals surface area (Å²) in [7, 11) is 0. The Kier molecular flexibility index (Phi) is 6.50. The smallest absolute Gasteiger partial charge is 0.220 e. The van der Waals surface area contributed by atoms with Gasteiger partial charge in [0.1, 0.15) is 0 Å². The van der Waals surface area contributed by atoms with Crippen molar-refractivity contribution >= 4 is 23.0 Å². The van der Waals surface area contributed by atoms with Crippen LogP contribution in [0.3, 0.4) is 0 Å². The van der Waals surface area contributed by atoms with E-state index >= 15 is 0 Å². The van der Waals surface area contributed by atoms with Crippen molar-refractivity contribution in [2.45, 2.75) is 25.7 Å². The van der Waals surface area contributed by atoms with E-state index in [1.165, 1.54) is 11.3 Å². The third-order valence-electron chi connectivity index (χ3n) is 2.33. The highest BCUT2D eigenvalue weighted by atomic mass is 32.1. The van der Waals surface area contributed by atoms with Crippen LogP contribution in [0.5, 0.6) is 0 Å². The summed E-state index contributed by atoms with van der Waals surface area (Å²) < 4.78 is 0. The molecule has 5 heteroatoms. The van der Waals surface area contributed by atoms with E-state index in [9.17, 15) is 9.59 Å². The predicted molar refractivity (Wildman–Crippen MR) is 69.2 cm³/mol. The van der Waals surface area contributed by atoms with Crippen LogP contribution in [0.1, 0.15) is 35.4 Å². The van der Waals surface area contributed by atoms with Crippen LogP contribution in [0.2, 0.25) is 0 Å². The molecule has 0 unspecified atom stereocenters. The van der Waals surface area contributed by atoms with Crippen LogP contribution in [-0.4, -0.2) is 24.8 Å². The fraction of sp³-hybridized carbons (Fsp3) is 0.500. The molecule has 0 aliphatic carbocycles. The van der Waals surface area contributed by atoms with Crippen molar-refractivity contribution in [3.8, 4) is 0 Å². The molecular formula is C12H18N2O2S. The first-order chi connectivity index (χ1) is 8.24. The summed E-state index contributed by atoms with van der Waals surface area (Å²) in [4.78, 5) is 23.7. The highest BCUT2D eigenvalue weighted by Gasteiger charge is 2.09. The Bertz CT molecular complexity index is 349. The lowest BCUT2D eigenvalue weighted by Gasteiger charge is -2.03. The molecule has 1 rings (SSSR count). The topological polar surface area (TPSA) is 72.2 Å². The van der Waals surface area contributed by atoms with Crippen LogP contribution in [-0.2, 0) is 4.79 Å². The van der Waals surface area contributed by atoms with Crippen molar-refractivity contribution in [1.29, 1.82) is 0 Å². The number of rotatable bonds is 8. The van der Waals surface area contributed by atoms with E-state index in [1.54, 1.807) is 6.07 Å². The number of amides is 1. The molecule has 0 bridgehead atoms. The zero-order valence-electron chi connectivity index (χ0n) is 9.78. The van der Waals surface area contributed by atoms with Crippen molar-refractivity contribution in [1.82, 2.24) is 5.32 Å². The van der Waals surface area contributed by atoms with Crippen LogP contribution < -0.4 is 11.1 Å². The molecule has 17 heavy (non-hydrogen) atoms. The van der Waals surface area contributed by atoms with Crippen molar-refractivity contribution in [2.24, 2.45) is 5.73 Å². The Balaban J connectivity index is 2.13. The second-order valence-corrected chi connectivity index (χ2v) is 4.69. The van der Waals surface area contributed by atoms with Crippen LogP contribution in [0.25, 0.3) is 0 Å². The molecule has 0 aliphatic rings. The number of hydrogen-bond acceptors (Lipinski definition) is 4. The van der Waals surface area contributed by atoms with E-state index in [4.69, 9.17) is 5.73 Å². The van der Waals surface area contributed by atoms with Gasteiger partial charge >= 0.3 is 0 Å². The maximum atomic E-state index is 11.6. The number of ketones is 1. The summed E-state index contributed by atoms with van der Waals surface area (Å²) in [6, 6.07) is 3.62. The standard InChI is InChI=1S/C12H18N2O2S/c13-7-1-2-8-14-12(16)6-5-10(15)11-4-3-9-17-11/h3-4,9H,1-2,5-8,13H2,(H,14,16). The van der Waals surface area contributed by atoms with Crippen molar-refractivity contribution in [2.75, 3.05) is 13.1 Å². The third-order valence-corrected chi connectivity index (χ3v) is 3.24. The second-order valence-electron chi connectivity index (χ2n) is 3.75. The number of nitrogens with one attached hydrogen (secondary N) is 1. The van der Waals surface area contributed by atoms with Gasteiger partial charge in [0.05, 0.1) is 4.88 Å². The summed E-state index contributed by atoms with van der Waals surface area (Å²) in [5.41, 5.74) is 5.34. The monoisotopic (exact) mass is 254 g/mol. The van der Waals surface area contributed by atoms with Crippen LogP contribution >= 0.6 is 11.3 Å². The molecule has 1 aromatic heterocycles. The van der Waals surface area contributed by atoms with E-state index in [1.807, 2.05) is 11.4 Å². The number of carbonyl (C=O) groups excluding carboxylic acids is 2. The van der Waals surface area contributed by atoms with Gasteiger partial charge in [0.2, 0.25) is 5.91 Å². The lowest BCUT2D eigenvalue weighted by molar-refractivity contribution is -0.121. The summed E-state index contributed by atoms with van der Waals surface area (Å²) in [6.07, 6.45) is 2.35. The molecule has 0 saturated heterocycles. The maximum Gasteiger partial charge on any atom is 0.220 e. The second kappa shape index (κ2) is 7.97. The molecule has 4 nitrogen and oxygen atoms in total. The van der Waals surface area contributed by atoms with Gasteiger partial charge in [-0.25, -0.2) is 0 Å². The van der Waals surface area contributed by atoms with Crippen molar-refractivity contribution in [3.63, 3.8) is 0 Å². The van der Waals surface area contributed by atoms with E-state index in [0.29, 0.717) is 13.1 Å². The minimum atomic E-state index is -0.0630. The number of carbonyl (C=O) groups is 2. The van der Waals surface area contributed by atoms with Crippen LogP contribution in [0.15, 0.2) is 17.5 Å². The van der Waals surface area contributed by atoms with E-state index in [2.05, 4.69) is 5.32 Å². The molecule has 0 spiro atoms. The molecule has 0 atom stereocenters. The summed E-state index contributed by atoms with van der Waals surface area (Å²) >= 11 is 1.41. The van der Waals surface area contributed by atoms with Gasteiger partial charge in [0, 0.05) is 19.4 Å². The molecule has 1 aromatic rings. The largest absolute Gasteiger partial charge is 0.356 e. The maximum absolute atomic E-state index is 11.6. The number of hydrogen-bond donors (Lipinski definition) is 2. The Morgan fingerprint density at radius 3 is 2.76 bits per heavy atom. The lowest BCUT2D eigenvalue weighted by Crippen LogP contribution is -2.25. The Labute approximate surface area is 105 Å². The van der Waals surface area contributed by atoms with E-state index in [0.717, 1.165) is 17.7 Å². The molecule has 3 N–H and O–H groups in total. The first kappa shape index (κ1) is 13.9. The lowest BCUT2D eigenvalue weighted by atomic mass is 10.2. The zero-order chi connectivity index (χ0) is 12.5. The van der Waals surface area contributed by atoms with Gasteiger partial charge in [0.25, 0.3) is 0 Å². The van der Waals surface area contributed by atoms with Crippen LogP contribution in [0.4, 0.5) is 0 Å². The van der Waals surface area contributed by atoms with E-state index in [-0.39, 0.29) is 24.5 Å². The predicted octanol–water partition coefficient (Wildman–Crippen LogP) is 1.57. The first-order valence-electron chi connectivity index (χ1n) is 5.77. The molecule has 0 radical (unpaired) electrons. The zero-order valence-corrected chi connectivity index (χ0v) is 10.6. The van der Waals surface area contributed by atoms with Gasteiger partial charge in [-0.2, -0.15) is 0 Å². The Morgan fingerprint density at radius 1 is 1.29 bits per heavy atom. The van der Waals surface area contributed by atoms with Gasteiger partial charge in [-0.3, -0.25) is 9.59 Å². The molecule has 0 aliphatic heterocycles. The fourth-order valence-electron chi connectivity index (χ4n) is 1.37. The molecule has 1 heterocycles. The number of Topliss-reactive ketones (excluding diaryl/α,β-unsaturated/α-hetero) is 1. The van der Waals surface area contributed by atoms with Crippen molar-refractivity contribution < 1.29 is 9.59 Å². The number of thiophene rings is 1. The van der Waals surface area contributed by atoms with Crippen molar-refractivity contribution in [3.05, 3.63) is 22.4 Å². The molecule has 0 fully saturated rings. The first-order valence-corrected chi connectivity index (χ1v) is 6.65. The Morgan fingerprint density at radius 2 is 2.12 bits per heavy atom. The van der Waals surface area contributed by atoms with Gasteiger partial charge in [-0.1, -0.05) is 6.07 Å². The highest BCUT2D eigenvalue weighted by molar-refractivity contribution is 7.12. The quantitative estimate of drug-likeness (QED) is 0.546. The van der Waals surface area contributed by atoms with Crippen LogP contribution in [0, 0.1) is 0 Å². The average molecular weight is 254 g/mol. The van der Waals surface area contributed by atoms with Gasteiger partial charge in [0.15, 0.2) is 5.78 Å². The highest BCUT2D eigenvalue weighted by Crippen LogP contribution is 2.12. The van der Waals surface area contributed by atoms with Gasteiger partial charge in [-0.15, -0.1) is 11.3 Å². The molecular weight excluding hydrogens is 236 g/mol.